The van der Waals surface area contributed by atoms with E-state index < -0.39 is 0 Å². The van der Waals surface area contributed by atoms with Gasteiger partial charge in [0.15, 0.2) is 0 Å². The van der Waals surface area contributed by atoms with Crippen molar-refractivity contribution in [1.82, 2.24) is 5.32 Å². The molecular weight excluding hydrogens is 316 g/mol. The molecule has 0 bridgehead atoms. The molecule has 0 spiro atoms. The molecule has 5 nitrogen and oxygen atoms in total. The number of hydrogen-bond acceptors (Lipinski definition) is 4. The highest BCUT2D eigenvalue weighted by atomic mass is 16.5. The SMILES string of the molecule is O=C(N[C@H]1COc2ccccc21)c1ccc(N2CCC(O)CC2)cc1. The standard InChI is InChI=1S/C20H22N2O3/c23-16-9-11-22(12-10-16)15-7-5-14(6-8-15)20(24)21-18-13-25-19-4-2-1-3-17(18)19/h1-8,16,18,23H,9-13H2,(H,21,24)/t18-/m0/s1. The van der Waals surface area contributed by atoms with E-state index in [-0.39, 0.29) is 18.1 Å². The van der Waals surface area contributed by atoms with Crippen LogP contribution in [0.25, 0.3) is 0 Å². The molecule has 0 saturated carbocycles. The Morgan fingerprint density at radius 1 is 1.08 bits per heavy atom. The van der Waals surface area contributed by atoms with Crippen molar-refractivity contribution in [1.29, 1.82) is 0 Å². The zero-order valence-electron chi connectivity index (χ0n) is 14.0. The highest BCUT2D eigenvalue weighted by Crippen LogP contribution is 2.31. The maximum Gasteiger partial charge on any atom is 0.251 e. The van der Waals surface area contributed by atoms with Crippen LogP contribution in [0.1, 0.15) is 34.8 Å². The molecule has 1 amide bonds. The summed E-state index contributed by atoms with van der Waals surface area (Å²) in [4.78, 5) is 14.8. The molecule has 130 valence electrons. The summed E-state index contributed by atoms with van der Waals surface area (Å²) in [6, 6.07) is 15.4. The quantitative estimate of drug-likeness (QED) is 0.903. The van der Waals surface area contributed by atoms with Crippen molar-refractivity contribution < 1.29 is 14.6 Å². The van der Waals surface area contributed by atoms with Crippen LogP contribution in [-0.4, -0.2) is 36.8 Å². The third kappa shape index (κ3) is 3.33. The van der Waals surface area contributed by atoms with Crippen LogP contribution in [0, 0.1) is 0 Å². The predicted octanol–water partition coefficient (Wildman–Crippen LogP) is 2.51. The molecule has 2 heterocycles. The van der Waals surface area contributed by atoms with Gasteiger partial charge in [-0.3, -0.25) is 4.79 Å². The number of benzene rings is 2. The molecule has 0 unspecified atom stereocenters. The zero-order chi connectivity index (χ0) is 17.2. The number of carbonyl (C=O) groups excluding carboxylic acids is 1. The van der Waals surface area contributed by atoms with E-state index in [4.69, 9.17) is 4.74 Å². The van der Waals surface area contributed by atoms with Gasteiger partial charge in [-0.05, 0) is 43.2 Å². The lowest BCUT2D eigenvalue weighted by atomic mass is 10.1. The summed E-state index contributed by atoms with van der Waals surface area (Å²) in [5.41, 5.74) is 2.77. The van der Waals surface area contributed by atoms with Gasteiger partial charge in [0.05, 0.1) is 12.1 Å². The molecule has 2 N–H and O–H groups in total. The van der Waals surface area contributed by atoms with E-state index in [0.29, 0.717) is 12.2 Å². The van der Waals surface area contributed by atoms with Gasteiger partial charge in [0.25, 0.3) is 5.91 Å². The lowest BCUT2D eigenvalue weighted by Gasteiger charge is -2.31. The first-order valence-electron chi connectivity index (χ1n) is 8.76. The molecule has 25 heavy (non-hydrogen) atoms. The zero-order valence-corrected chi connectivity index (χ0v) is 14.0. The summed E-state index contributed by atoms with van der Waals surface area (Å²) in [5.74, 6) is 0.751. The van der Waals surface area contributed by atoms with Crippen molar-refractivity contribution in [2.45, 2.75) is 25.0 Å². The summed E-state index contributed by atoms with van der Waals surface area (Å²) >= 11 is 0. The number of para-hydroxylation sites is 1. The monoisotopic (exact) mass is 338 g/mol. The number of nitrogens with one attached hydrogen (secondary N) is 1. The van der Waals surface area contributed by atoms with Crippen LogP contribution >= 0.6 is 0 Å². The molecule has 0 aromatic heterocycles. The number of anilines is 1. The fraction of sp³-hybridized carbons (Fsp3) is 0.350. The normalized spacial score (nSPS) is 20.0. The molecule has 2 aliphatic heterocycles. The van der Waals surface area contributed by atoms with Crippen LogP contribution in [0.3, 0.4) is 0 Å². The van der Waals surface area contributed by atoms with Crippen LogP contribution < -0.4 is 15.0 Å². The first-order chi connectivity index (χ1) is 12.2. The Kier molecular flexibility index (Phi) is 4.32. The molecule has 2 aliphatic rings. The third-order valence-corrected chi connectivity index (χ3v) is 4.96. The van der Waals surface area contributed by atoms with Crippen LogP contribution in [-0.2, 0) is 0 Å². The van der Waals surface area contributed by atoms with Gasteiger partial charge >= 0.3 is 0 Å². The molecule has 2 aromatic carbocycles. The average Bonchev–Trinajstić information content (AvgIpc) is 3.06. The van der Waals surface area contributed by atoms with Gasteiger partial charge in [-0.25, -0.2) is 0 Å². The van der Waals surface area contributed by atoms with E-state index in [1.165, 1.54) is 0 Å². The number of ether oxygens (including phenoxy) is 1. The minimum atomic E-state index is -0.183. The second kappa shape index (κ2) is 6.76. The Morgan fingerprint density at radius 2 is 1.80 bits per heavy atom. The number of aliphatic hydroxyl groups excluding tert-OH is 1. The molecule has 1 atom stereocenters. The summed E-state index contributed by atoms with van der Waals surface area (Å²) < 4.78 is 5.61. The van der Waals surface area contributed by atoms with Gasteiger partial charge in [0, 0.05) is 29.9 Å². The lowest BCUT2D eigenvalue weighted by Crippen LogP contribution is -2.35. The van der Waals surface area contributed by atoms with E-state index in [1.54, 1.807) is 0 Å². The predicted molar refractivity (Wildman–Crippen MR) is 96.0 cm³/mol. The number of carbonyl (C=O) groups is 1. The van der Waals surface area contributed by atoms with Crippen LogP contribution in [0.4, 0.5) is 5.69 Å². The second-order valence-corrected chi connectivity index (χ2v) is 6.64. The summed E-state index contributed by atoms with van der Waals surface area (Å²) in [7, 11) is 0. The molecule has 5 heteroatoms. The number of fused-ring (bicyclic) bond motifs is 1. The van der Waals surface area contributed by atoms with E-state index in [9.17, 15) is 9.90 Å². The molecule has 0 radical (unpaired) electrons. The van der Waals surface area contributed by atoms with Gasteiger partial charge in [0.2, 0.25) is 0 Å². The number of aliphatic hydroxyl groups is 1. The first-order valence-corrected chi connectivity index (χ1v) is 8.76. The average molecular weight is 338 g/mol. The fourth-order valence-corrected chi connectivity index (χ4v) is 3.47. The molecular formula is C20H22N2O3. The van der Waals surface area contributed by atoms with Crippen LogP contribution in [0.15, 0.2) is 48.5 Å². The van der Waals surface area contributed by atoms with Crippen molar-refractivity contribution in [2.24, 2.45) is 0 Å². The Labute approximate surface area is 147 Å². The van der Waals surface area contributed by atoms with Gasteiger partial charge in [-0.15, -0.1) is 0 Å². The van der Waals surface area contributed by atoms with Gasteiger partial charge in [-0.2, -0.15) is 0 Å². The summed E-state index contributed by atoms with van der Waals surface area (Å²) in [6.07, 6.45) is 1.41. The second-order valence-electron chi connectivity index (χ2n) is 6.64. The molecule has 1 saturated heterocycles. The number of hydrogen-bond donors (Lipinski definition) is 2. The Morgan fingerprint density at radius 3 is 2.56 bits per heavy atom. The Hall–Kier alpha value is -2.53. The Bertz CT molecular complexity index is 752. The highest BCUT2D eigenvalue weighted by molar-refractivity contribution is 5.94. The molecule has 2 aromatic rings. The lowest BCUT2D eigenvalue weighted by molar-refractivity contribution is 0.0930. The van der Waals surface area contributed by atoms with Gasteiger partial charge in [0.1, 0.15) is 12.4 Å². The van der Waals surface area contributed by atoms with Gasteiger partial charge in [-0.1, -0.05) is 18.2 Å². The largest absolute Gasteiger partial charge is 0.491 e. The summed E-state index contributed by atoms with van der Waals surface area (Å²) in [6.45, 7) is 2.17. The van der Waals surface area contributed by atoms with Crippen molar-refractivity contribution >= 4 is 11.6 Å². The number of rotatable bonds is 3. The smallest absolute Gasteiger partial charge is 0.251 e. The van der Waals surface area contributed by atoms with Crippen LogP contribution in [0.5, 0.6) is 5.75 Å². The van der Waals surface area contributed by atoms with Crippen LogP contribution in [0.2, 0.25) is 0 Å². The first kappa shape index (κ1) is 16.0. The molecule has 0 aliphatic carbocycles. The van der Waals surface area contributed by atoms with Gasteiger partial charge < -0.3 is 20.1 Å². The van der Waals surface area contributed by atoms with E-state index >= 15 is 0 Å². The third-order valence-electron chi connectivity index (χ3n) is 4.96. The van der Waals surface area contributed by atoms with Crippen molar-refractivity contribution in [3.8, 4) is 5.75 Å². The van der Waals surface area contributed by atoms with E-state index in [1.807, 2.05) is 48.5 Å². The maximum atomic E-state index is 12.5. The minimum absolute atomic E-state index is 0.0917. The van der Waals surface area contributed by atoms with Crippen molar-refractivity contribution in [3.05, 3.63) is 59.7 Å². The topological polar surface area (TPSA) is 61.8 Å². The van der Waals surface area contributed by atoms with Crippen molar-refractivity contribution in [2.75, 3.05) is 24.6 Å². The fourth-order valence-electron chi connectivity index (χ4n) is 3.47. The highest BCUT2D eigenvalue weighted by Gasteiger charge is 2.25. The Balaban J connectivity index is 1.41. The minimum Gasteiger partial charge on any atom is -0.491 e. The molecule has 4 rings (SSSR count). The summed E-state index contributed by atoms with van der Waals surface area (Å²) in [5, 5.41) is 12.7. The number of nitrogens with zero attached hydrogens (tertiary/aromatic N) is 1. The molecule has 1 fully saturated rings. The van der Waals surface area contributed by atoms with E-state index in [2.05, 4.69) is 10.2 Å². The number of piperidine rings is 1. The van der Waals surface area contributed by atoms with E-state index in [0.717, 1.165) is 42.9 Å². The maximum absolute atomic E-state index is 12.5. The number of amides is 1. The van der Waals surface area contributed by atoms with Crippen molar-refractivity contribution in [3.63, 3.8) is 0 Å².